The van der Waals surface area contributed by atoms with E-state index >= 15 is 0 Å². The molecular weight excluding hydrogens is 326 g/mol. The fourth-order valence-electron chi connectivity index (χ4n) is 2.13. The van der Waals surface area contributed by atoms with Gasteiger partial charge in [0, 0.05) is 6.07 Å². The largest absolute Gasteiger partial charge is 0.482 e. The number of benzene rings is 1. The van der Waals surface area contributed by atoms with E-state index in [2.05, 4.69) is 5.16 Å². The Morgan fingerprint density at radius 3 is 2.92 bits per heavy atom. The van der Waals surface area contributed by atoms with Gasteiger partial charge in [0.25, 0.3) is 0 Å². The first-order valence-electron chi connectivity index (χ1n) is 7.47. The predicted octanol–water partition coefficient (Wildman–Crippen LogP) is 4.14. The molecule has 0 aliphatic rings. The molecule has 2 heterocycles. The molecule has 0 radical (unpaired) electrons. The van der Waals surface area contributed by atoms with Crippen molar-refractivity contribution >= 4 is 17.3 Å². The molecule has 0 saturated carbocycles. The third-order valence-corrected chi connectivity index (χ3v) is 4.49. The molecule has 0 saturated heterocycles. The highest BCUT2D eigenvalue weighted by Gasteiger charge is 2.11. The summed E-state index contributed by atoms with van der Waals surface area (Å²) < 4.78 is 15.9. The van der Waals surface area contributed by atoms with Crippen LogP contribution in [0.15, 0.2) is 46.3 Å². The Labute approximate surface area is 143 Å². The SMILES string of the molecule is Cc1cccc(OCC(=O)OCc2cc(-c3cccs3)on2)c1C. The molecule has 0 N–H and O–H groups in total. The zero-order chi connectivity index (χ0) is 16.9. The van der Waals surface area contributed by atoms with E-state index in [4.69, 9.17) is 14.0 Å². The van der Waals surface area contributed by atoms with Crippen LogP contribution in [0.5, 0.6) is 5.75 Å². The quantitative estimate of drug-likeness (QED) is 0.629. The average Bonchev–Trinajstić information content (AvgIpc) is 3.25. The first-order valence-corrected chi connectivity index (χ1v) is 8.35. The summed E-state index contributed by atoms with van der Waals surface area (Å²) in [4.78, 5) is 12.8. The van der Waals surface area contributed by atoms with E-state index < -0.39 is 5.97 Å². The van der Waals surface area contributed by atoms with Gasteiger partial charge >= 0.3 is 5.97 Å². The Hall–Kier alpha value is -2.60. The molecule has 1 aromatic carbocycles. The molecule has 2 aromatic heterocycles. The van der Waals surface area contributed by atoms with E-state index in [1.165, 1.54) is 0 Å². The first-order chi connectivity index (χ1) is 11.6. The van der Waals surface area contributed by atoms with Crippen LogP contribution in [0.1, 0.15) is 16.8 Å². The van der Waals surface area contributed by atoms with Crippen LogP contribution < -0.4 is 4.74 Å². The number of thiophene rings is 1. The lowest BCUT2D eigenvalue weighted by atomic mass is 10.1. The van der Waals surface area contributed by atoms with Gasteiger partial charge in [-0.3, -0.25) is 0 Å². The van der Waals surface area contributed by atoms with Gasteiger partial charge < -0.3 is 14.0 Å². The maximum Gasteiger partial charge on any atom is 0.344 e. The molecule has 0 bridgehead atoms. The first kappa shape index (κ1) is 16.3. The number of ether oxygens (including phenoxy) is 2. The van der Waals surface area contributed by atoms with Crippen molar-refractivity contribution in [2.75, 3.05) is 6.61 Å². The zero-order valence-electron chi connectivity index (χ0n) is 13.4. The molecular formula is C18H17NO4S. The van der Waals surface area contributed by atoms with Gasteiger partial charge in [0.2, 0.25) is 0 Å². The van der Waals surface area contributed by atoms with E-state index in [1.54, 1.807) is 17.4 Å². The van der Waals surface area contributed by atoms with Crippen LogP contribution in [-0.2, 0) is 16.1 Å². The minimum absolute atomic E-state index is 0.0594. The normalized spacial score (nSPS) is 10.6. The lowest BCUT2D eigenvalue weighted by Gasteiger charge is -2.10. The smallest absolute Gasteiger partial charge is 0.344 e. The van der Waals surface area contributed by atoms with Gasteiger partial charge in [-0.05, 0) is 42.5 Å². The summed E-state index contributed by atoms with van der Waals surface area (Å²) in [5, 5.41) is 5.86. The fourth-order valence-corrected chi connectivity index (χ4v) is 2.80. The van der Waals surface area contributed by atoms with Gasteiger partial charge in [-0.2, -0.15) is 0 Å². The monoisotopic (exact) mass is 343 g/mol. The van der Waals surface area contributed by atoms with Crippen LogP contribution in [0.2, 0.25) is 0 Å². The number of aryl methyl sites for hydroxylation is 1. The Kier molecular flexibility index (Phi) is 4.96. The summed E-state index contributed by atoms with van der Waals surface area (Å²) >= 11 is 1.56. The number of rotatable bonds is 6. The second kappa shape index (κ2) is 7.31. The lowest BCUT2D eigenvalue weighted by molar-refractivity contribution is -0.147. The van der Waals surface area contributed by atoms with E-state index in [9.17, 15) is 4.79 Å². The van der Waals surface area contributed by atoms with E-state index in [0.29, 0.717) is 17.2 Å². The van der Waals surface area contributed by atoms with Crippen molar-refractivity contribution in [2.24, 2.45) is 0 Å². The highest BCUT2D eigenvalue weighted by Crippen LogP contribution is 2.25. The van der Waals surface area contributed by atoms with Crippen molar-refractivity contribution in [3.8, 4) is 16.4 Å². The Morgan fingerprint density at radius 1 is 1.25 bits per heavy atom. The van der Waals surface area contributed by atoms with Crippen molar-refractivity contribution in [1.29, 1.82) is 0 Å². The molecule has 3 rings (SSSR count). The van der Waals surface area contributed by atoms with Crippen LogP contribution in [0.3, 0.4) is 0 Å². The van der Waals surface area contributed by atoms with E-state index in [1.807, 2.05) is 49.6 Å². The Bertz CT molecular complexity index is 823. The molecule has 124 valence electrons. The third-order valence-electron chi connectivity index (χ3n) is 3.60. The number of carbonyl (C=O) groups is 1. The highest BCUT2D eigenvalue weighted by atomic mass is 32.1. The van der Waals surface area contributed by atoms with Crippen molar-refractivity contribution in [3.63, 3.8) is 0 Å². The minimum atomic E-state index is -0.448. The summed E-state index contributed by atoms with van der Waals surface area (Å²) in [6.07, 6.45) is 0. The Balaban J connectivity index is 1.50. The van der Waals surface area contributed by atoms with Gasteiger partial charge in [0.05, 0.1) is 4.88 Å². The molecule has 3 aromatic rings. The third kappa shape index (κ3) is 3.83. The fraction of sp³-hybridized carbons (Fsp3) is 0.222. The highest BCUT2D eigenvalue weighted by molar-refractivity contribution is 7.13. The molecule has 0 aliphatic carbocycles. The number of hydrogen-bond acceptors (Lipinski definition) is 6. The van der Waals surface area contributed by atoms with Gasteiger partial charge in [-0.1, -0.05) is 23.4 Å². The summed E-state index contributed by atoms with van der Waals surface area (Å²) in [5.41, 5.74) is 2.70. The van der Waals surface area contributed by atoms with Crippen molar-refractivity contribution < 1.29 is 18.8 Å². The average molecular weight is 343 g/mol. The molecule has 0 spiro atoms. The molecule has 0 amide bonds. The molecule has 6 heteroatoms. The van der Waals surface area contributed by atoms with Crippen molar-refractivity contribution in [3.05, 3.63) is 58.6 Å². The number of nitrogens with zero attached hydrogens (tertiary/aromatic N) is 1. The second-order valence-electron chi connectivity index (χ2n) is 5.31. The van der Waals surface area contributed by atoms with Gasteiger partial charge in [-0.25, -0.2) is 4.79 Å². The molecule has 0 aliphatic heterocycles. The predicted molar refractivity (Wildman–Crippen MR) is 91.0 cm³/mol. The van der Waals surface area contributed by atoms with Crippen molar-refractivity contribution in [2.45, 2.75) is 20.5 Å². The van der Waals surface area contributed by atoms with Gasteiger partial charge in [-0.15, -0.1) is 11.3 Å². The Morgan fingerprint density at radius 2 is 2.12 bits per heavy atom. The number of carbonyl (C=O) groups excluding carboxylic acids is 1. The molecule has 24 heavy (non-hydrogen) atoms. The molecule has 0 atom stereocenters. The van der Waals surface area contributed by atoms with E-state index in [0.717, 1.165) is 16.0 Å². The topological polar surface area (TPSA) is 61.6 Å². The molecule has 0 unspecified atom stereocenters. The number of hydrogen-bond donors (Lipinski definition) is 0. The van der Waals surface area contributed by atoms with Crippen LogP contribution >= 0.6 is 11.3 Å². The minimum Gasteiger partial charge on any atom is -0.482 e. The van der Waals surface area contributed by atoms with Crippen LogP contribution in [0, 0.1) is 13.8 Å². The molecule has 0 fully saturated rings. The van der Waals surface area contributed by atoms with Crippen LogP contribution in [-0.4, -0.2) is 17.7 Å². The zero-order valence-corrected chi connectivity index (χ0v) is 14.3. The summed E-state index contributed by atoms with van der Waals surface area (Å²) in [6, 6.07) is 11.4. The van der Waals surface area contributed by atoms with Crippen LogP contribution in [0.4, 0.5) is 0 Å². The van der Waals surface area contributed by atoms with E-state index in [-0.39, 0.29) is 13.2 Å². The maximum absolute atomic E-state index is 11.8. The maximum atomic E-state index is 11.8. The second-order valence-corrected chi connectivity index (χ2v) is 6.25. The van der Waals surface area contributed by atoms with Gasteiger partial charge in [0.1, 0.15) is 18.1 Å². The lowest BCUT2D eigenvalue weighted by Crippen LogP contribution is -2.15. The van der Waals surface area contributed by atoms with Crippen LogP contribution in [0.25, 0.3) is 10.6 Å². The molecule has 5 nitrogen and oxygen atoms in total. The number of aromatic nitrogens is 1. The van der Waals surface area contributed by atoms with Gasteiger partial charge in [0.15, 0.2) is 12.4 Å². The summed E-state index contributed by atoms with van der Waals surface area (Å²) in [5.74, 6) is 0.910. The standard InChI is InChI=1S/C18H17NO4S/c1-12-5-3-6-15(13(12)2)21-11-18(20)22-10-14-9-16(23-19-14)17-7-4-8-24-17/h3-9H,10-11H2,1-2H3. The number of esters is 1. The van der Waals surface area contributed by atoms with Crippen molar-refractivity contribution in [1.82, 2.24) is 5.16 Å². The summed E-state index contributed by atoms with van der Waals surface area (Å²) in [7, 11) is 0. The summed E-state index contributed by atoms with van der Waals surface area (Å²) in [6.45, 7) is 3.87.